The largest absolute Gasteiger partial charge is 0.480 e. The lowest BCUT2D eigenvalue weighted by Gasteiger charge is -2.27. The molecule has 1 heterocycles. The topological polar surface area (TPSA) is 69.6 Å². The zero-order chi connectivity index (χ0) is 13.1. The highest BCUT2D eigenvalue weighted by molar-refractivity contribution is 8.00. The Hall–Kier alpha value is -0.750. The van der Waals surface area contributed by atoms with Crippen LogP contribution in [0.2, 0.25) is 0 Å². The number of carboxylic acid groups (broad SMARTS) is 1. The molecule has 0 radical (unpaired) electrons. The summed E-state index contributed by atoms with van der Waals surface area (Å²) in [6.45, 7) is 0.790. The standard InChI is InChI=1S/C12H20N2O3S/c1-13-6-2-3-10(15)14-9(12(16)17)7-18-11(14)8-4-5-8/h8-9,11,13H,2-7H2,1H3,(H,16,17). The zero-order valence-electron chi connectivity index (χ0n) is 10.6. The van der Waals surface area contributed by atoms with Crippen LogP contribution in [0.5, 0.6) is 0 Å². The highest BCUT2D eigenvalue weighted by atomic mass is 32.2. The number of carbonyl (C=O) groups excluding carboxylic acids is 1. The maximum Gasteiger partial charge on any atom is 0.327 e. The zero-order valence-corrected chi connectivity index (χ0v) is 11.4. The molecule has 1 aliphatic carbocycles. The molecule has 2 atom stereocenters. The van der Waals surface area contributed by atoms with Gasteiger partial charge in [-0.15, -0.1) is 11.8 Å². The monoisotopic (exact) mass is 272 g/mol. The first-order valence-corrected chi connectivity index (χ1v) is 7.50. The summed E-state index contributed by atoms with van der Waals surface area (Å²) in [6.07, 6.45) is 3.46. The molecule has 18 heavy (non-hydrogen) atoms. The Morgan fingerprint density at radius 3 is 2.72 bits per heavy atom. The van der Waals surface area contributed by atoms with Crippen molar-refractivity contribution in [3.63, 3.8) is 0 Å². The highest BCUT2D eigenvalue weighted by Gasteiger charge is 2.47. The molecule has 0 aromatic rings. The van der Waals surface area contributed by atoms with E-state index >= 15 is 0 Å². The average Bonchev–Trinajstić information content (AvgIpc) is 3.07. The smallest absolute Gasteiger partial charge is 0.327 e. The third-order valence-corrected chi connectivity index (χ3v) is 4.91. The third-order valence-electron chi connectivity index (χ3n) is 3.45. The predicted molar refractivity (Wildman–Crippen MR) is 70.4 cm³/mol. The fourth-order valence-corrected chi connectivity index (χ4v) is 3.98. The summed E-state index contributed by atoms with van der Waals surface area (Å²) in [5, 5.41) is 12.3. The van der Waals surface area contributed by atoms with Crippen molar-refractivity contribution in [2.45, 2.75) is 37.1 Å². The first-order chi connectivity index (χ1) is 8.65. The van der Waals surface area contributed by atoms with E-state index in [-0.39, 0.29) is 11.3 Å². The molecule has 1 aliphatic heterocycles. The van der Waals surface area contributed by atoms with Crippen molar-refractivity contribution >= 4 is 23.6 Å². The van der Waals surface area contributed by atoms with E-state index in [4.69, 9.17) is 0 Å². The van der Waals surface area contributed by atoms with Crippen molar-refractivity contribution in [3.05, 3.63) is 0 Å². The fraction of sp³-hybridized carbons (Fsp3) is 0.833. The maximum atomic E-state index is 12.2. The van der Waals surface area contributed by atoms with Gasteiger partial charge in [-0.25, -0.2) is 4.79 Å². The molecule has 2 aliphatic rings. The van der Waals surface area contributed by atoms with Crippen LogP contribution in [0.1, 0.15) is 25.7 Å². The molecule has 6 heteroatoms. The van der Waals surface area contributed by atoms with E-state index in [1.807, 2.05) is 7.05 Å². The van der Waals surface area contributed by atoms with Gasteiger partial charge in [0.1, 0.15) is 6.04 Å². The number of hydrogen-bond acceptors (Lipinski definition) is 4. The second-order valence-electron chi connectivity index (χ2n) is 4.92. The minimum atomic E-state index is -0.868. The lowest BCUT2D eigenvalue weighted by atomic mass is 10.2. The van der Waals surface area contributed by atoms with Gasteiger partial charge in [-0.3, -0.25) is 4.79 Å². The quantitative estimate of drug-likeness (QED) is 0.698. The molecule has 2 rings (SSSR count). The molecule has 1 amide bonds. The minimum absolute atomic E-state index is 0.000417. The normalized spacial score (nSPS) is 27.5. The van der Waals surface area contributed by atoms with Gasteiger partial charge in [0, 0.05) is 12.2 Å². The number of nitrogens with zero attached hydrogens (tertiary/aromatic N) is 1. The Bertz CT molecular complexity index is 333. The maximum absolute atomic E-state index is 12.2. The molecule has 2 fully saturated rings. The highest BCUT2D eigenvalue weighted by Crippen LogP contribution is 2.45. The van der Waals surface area contributed by atoms with Gasteiger partial charge < -0.3 is 15.3 Å². The number of rotatable bonds is 6. The number of nitrogens with one attached hydrogen (secondary N) is 1. The molecule has 0 aromatic carbocycles. The van der Waals surface area contributed by atoms with Gasteiger partial charge in [0.05, 0.1) is 5.37 Å². The lowest BCUT2D eigenvalue weighted by Crippen LogP contribution is -2.46. The Balaban J connectivity index is 1.98. The van der Waals surface area contributed by atoms with Gasteiger partial charge in [0.25, 0.3) is 0 Å². The molecule has 0 aromatic heterocycles. The fourth-order valence-electron chi connectivity index (χ4n) is 2.32. The van der Waals surface area contributed by atoms with Crippen LogP contribution >= 0.6 is 11.8 Å². The van der Waals surface area contributed by atoms with Crippen molar-refractivity contribution in [2.75, 3.05) is 19.3 Å². The Morgan fingerprint density at radius 2 is 2.17 bits per heavy atom. The summed E-state index contributed by atoms with van der Waals surface area (Å²) in [7, 11) is 1.85. The van der Waals surface area contributed by atoms with E-state index in [1.54, 1.807) is 16.7 Å². The lowest BCUT2D eigenvalue weighted by molar-refractivity contribution is -0.149. The summed E-state index contributed by atoms with van der Waals surface area (Å²) >= 11 is 1.63. The van der Waals surface area contributed by atoms with Crippen molar-refractivity contribution in [1.29, 1.82) is 0 Å². The van der Waals surface area contributed by atoms with E-state index in [0.717, 1.165) is 25.8 Å². The molecule has 0 bridgehead atoms. The molecule has 2 N–H and O–H groups in total. The molecule has 1 saturated carbocycles. The van der Waals surface area contributed by atoms with Gasteiger partial charge in [-0.05, 0) is 38.8 Å². The van der Waals surface area contributed by atoms with E-state index in [1.165, 1.54) is 0 Å². The molecule has 0 spiro atoms. The van der Waals surface area contributed by atoms with E-state index in [0.29, 0.717) is 18.1 Å². The number of carboxylic acids is 1. The van der Waals surface area contributed by atoms with E-state index in [2.05, 4.69) is 5.32 Å². The summed E-state index contributed by atoms with van der Waals surface area (Å²) in [4.78, 5) is 25.1. The number of amides is 1. The van der Waals surface area contributed by atoms with E-state index in [9.17, 15) is 14.7 Å². The van der Waals surface area contributed by atoms with Crippen LogP contribution in [-0.4, -0.2) is 52.6 Å². The second-order valence-corrected chi connectivity index (χ2v) is 6.07. The Kier molecular flexibility index (Phi) is 4.50. The Labute approximate surface area is 111 Å². The molecule has 2 unspecified atom stereocenters. The van der Waals surface area contributed by atoms with Gasteiger partial charge in [-0.1, -0.05) is 0 Å². The van der Waals surface area contributed by atoms with Crippen molar-refractivity contribution < 1.29 is 14.7 Å². The van der Waals surface area contributed by atoms with Crippen molar-refractivity contribution in [3.8, 4) is 0 Å². The van der Waals surface area contributed by atoms with Crippen molar-refractivity contribution in [1.82, 2.24) is 10.2 Å². The molecule has 1 saturated heterocycles. The van der Waals surface area contributed by atoms with Crippen LogP contribution < -0.4 is 5.32 Å². The van der Waals surface area contributed by atoms with Gasteiger partial charge in [0.15, 0.2) is 0 Å². The van der Waals surface area contributed by atoms with Crippen LogP contribution in [0, 0.1) is 5.92 Å². The Morgan fingerprint density at radius 1 is 1.44 bits per heavy atom. The first-order valence-electron chi connectivity index (χ1n) is 6.45. The summed E-state index contributed by atoms with van der Waals surface area (Å²) in [5.41, 5.74) is 0. The summed E-state index contributed by atoms with van der Waals surface area (Å²) in [6, 6.07) is -0.623. The number of carbonyl (C=O) groups is 2. The van der Waals surface area contributed by atoms with E-state index < -0.39 is 12.0 Å². The van der Waals surface area contributed by atoms with Gasteiger partial charge >= 0.3 is 5.97 Å². The average molecular weight is 272 g/mol. The summed E-state index contributed by atoms with van der Waals surface area (Å²) in [5.74, 6) is 0.189. The van der Waals surface area contributed by atoms with Crippen LogP contribution in [0.25, 0.3) is 0 Å². The van der Waals surface area contributed by atoms with Crippen LogP contribution in [-0.2, 0) is 9.59 Å². The SMILES string of the molecule is CNCCCC(=O)N1C(C(=O)O)CSC1C1CC1. The number of hydrogen-bond donors (Lipinski definition) is 2. The van der Waals surface area contributed by atoms with Gasteiger partial charge in [-0.2, -0.15) is 0 Å². The molecule has 5 nitrogen and oxygen atoms in total. The van der Waals surface area contributed by atoms with Crippen molar-refractivity contribution in [2.24, 2.45) is 5.92 Å². The second kappa shape index (κ2) is 5.93. The first kappa shape index (κ1) is 13.7. The predicted octanol–water partition coefficient (Wildman–Crippen LogP) is 0.751. The van der Waals surface area contributed by atoms with Gasteiger partial charge in [0.2, 0.25) is 5.91 Å². The number of thioether (sulfide) groups is 1. The summed E-state index contributed by atoms with van der Waals surface area (Å²) < 4.78 is 0. The van der Waals surface area contributed by atoms with Crippen LogP contribution in [0.15, 0.2) is 0 Å². The minimum Gasteiger partial charge on any atom is -0.480 e. The molecular formula is C12H20N2O3S. The third kappa shape index (κ3) is 2.98. The van der Waals surface area contributed by atoms with Crippen LogP contribution in [0.3, 0.4) is 0 Å². The number of aliphatic carboxylic acids is 1. The molecule has 102 valence electrons. The van der Waals surface area contributed by atoms with Crippen LogP contribution in [0.4, 0.5) is 0 Å². The molecular weight excluding hydrogens is 252 g/mol.